The van der Waals surface area contributed by atoms with Crippen molar-refractivity contribution in [3.05, 3.63) is 0 Å². The summed E-state index contributed by atoms with van der Waals surface area (Å²) in [5.41, 5.74) is 0. The number of ether oxygens (including phenoxy) is 5. The van der Waals surface area contributed by atoms with Gasteiger partial charge >= 0.3 is 0 Å². The number of aliphatic hydroxyl groups excluding tert-OH is 1. The molecule has 3 rings (SSSR count). The lowest BCUT2D eigenvalue weighted by atomic mass is 10.1. The molecule has 7 unspecified atom stereocenters. The summed E-state index contributed by atoms with van der Waals surface area (Å²) in [6.45, 7) is 0.234. The van der Waals surface area contributed by atoms with Crippen LogP contribution in [0.1, 0.15) is 12.8 Å². The number of carbonyl (C=O) groups excluding carboxylic acids is 2. The zero-order valence-corrected chi connectivity index (χ0v) is 10.6. The van der Waals surface area contributed by atoms with Gasteiger partial charge in [0.25, 0.3) is 0 Å². The molecule has 3 aliphatic heterocycles. The van der Waals surface area contributed by atoms with Gasteiger partial charge in [-0.2, -0.15) is 0 Å². The Morgan fingerprint density at radius 2 is 1.70 bits per heavy atom. The Balaban J connectivity index is 1.57. The molecule has 0 aromatic carbocycles. The second-order valence-electron chi connectivity index (χ2n) is 4.87. The lowest BCUT2D eigenvalue weighted by Gasteiger charge is -2.22. The molecule has 0 aromatic rings. The van der Waals surface area contributed by atoms with Crippen molar-refractivity contribution in [3.8, 4) is 0 Å². The van der Waals surface area contributed by atoms with Gasteiger partial charge in [0.1, 0.15) is 37.0 Å². The summed E-state index contributed by atoms with van der Waals surface area (Å²) in [5.74, 6) is 0. The lowest BCUT2D eigenvalue weighted by molar-refractivity contribution is -0.191. The molecule has 112 valence electrons. The Hall–Kier alpha value is -0.900. The molecule has 3 saturated heterocycles. The van der Waals surface area contributed by atoms with Crippen molar-refractivity contribution in [2.24, 2.45) is 0 Å². The molecule has 3 fully saturated rings. The van der Waals surface area contributed by atoms with Crippen LogP contribution in [0.15, 0.2) is 0 Å². The van der Waals surface area contributed by atoms with Crippen molar-refractivity contribution in [2.75, 3.05) is 6.61 Å². The third kappa shape index (κ3) is 2.50. The van der Waals surface area contributed by atoms with Crippen LogP contribution in [0.2, 0.25) is 0 Å². The zero-order valence-electron chi connectivity index (χ0n) is 10.6. The highest BCUT2D eigenvalue weighted by Gasteiger charge is 2.55. The smallest absolute Gasteiger partial charge is 0.190 e. The Kier molecular flexibility index (Phi) is 4.11. The summed E-state index contributed by atoms with van der Waals surface area (Å²) in [5, 5.41) is 10.2. The van der Waals surface area contributed by atoms with Gasteiger partial charge in [0.05, 0.1) is 19.4 Å². The van der Waals surface area contributed by atoms with E-state index in [1.807, 2.05) is 0 Å². The van der Waals surface area contributed by atoms with Crippen molar-refractivity contribution >= 4 is 12.6 Å². The van der Waals surface area contributed by atoms with E-state index in [-0.39, 0.29) is 19.4 Å². The molecule has 0 bridgehead atoms. The number of fused-ring (bicyclic) bond motifs is 1. The fourth-order valence-corrected chi connectivity index (χ4v) is 2.62. The standard InChI is InChI=1S/C12H16O8/c13-3-1-7-16-5-6(17-7)10-9(15)11-12(20-10)19-8(18-11)2-4-14/h3-4,6-12,15H,1-2,5H2. The third-order valence-electron chi connectivity index (χ3n) is 3.54. The molecule has 0 saturated carbocycles. The molecule has 1 N–H and O–H groups in total. The number of rotatable bonds is 5. The minimum atomic E-state index is -0.930. The van der Waals surface area contributed by atoms with E-state index in [1.165, 1.54) is 0 Å². The van der Waals surface area contributed by atoms with E-state index in [9.17, 15) is 14.7 Å². The fourth-order valence-electron chi connectivity index (χ4n) is 2.62. The molecule has 0 amide bonds. The van der Waals surface area contributed by atoms with E-state index < -0.39 is 43.3 Å². The first kappa shape index (κ1) is 14.1. The van der Waals surface area contributed by atoms with Crippen molar-refractivity contribution in [3.63, 3.8) is 0 Å². The molecular weight excluding hydrogens is 272 g/mol. The number of hydrogen-bond donors (Lipinski definition) is 1. The first-order chi connectivity index (χ1) is 9.72. The molecule has 3 aliphatic rings. The van der Waals surface area contributed by atoms with Gasteiger partial charge in [0, 0.05) is 0 Å². The Bertz CT molecular complexity index is 374. The minimum Gasteiger partial charge on any atom is -0.387 e. The van der Waals surface area contributed by atoms with E-state index in [0.717, 1.165) is 0 Å². The second-order valence-corrected chi connectivity index (χ2v) is 4.87. The van der Waals surface area contributed by atoms with E-state index in [2.05, 4.69) is 0 Å². The minimum absolute atomic E-state index is 0.0954. The van der Waals surface area contributed by atoms with E-state index in [0.29, 0.717) is 12.6 Å². The van der Waals surface area contributed by atoms with Crippen molar-refractivity contribution in [1.82, 2.24) is 0 Å². The van der Waals surface area contributed by atoms with Gasteiger partial charge in [-0.25, -0.2) is 0 Å². The molecular formula is C12H16O8. The van der Waals surface area contributed by atoms with Crippen LogP contribution >= 0.6 is 0 Å². The maximum absolute atomic E-state index is 10.4. The van der Waals surface area contributed by atoms with Crippen molar-refractivity contribution in [1.29, 1.82) is 0 Å². The summed E-state index contributed by atoms with van der Waals surface area (Å²) in [6, 6.07) is 0. The number of carbonyl (C=O) groups is 2. The Labute approximate surface area is 114 Å². The molecule has 7 atom stereocenters. The van der Waals surface area contributed by atoms with Crippen LogP contribution < -0.4 is 0 Å². The molecule has 3 heterocycles. The van der Waals surface area contributed by atoms with Gasteiger partial charge in [-0.1, -0.05) is 0 Å². The summed E-state index contributed by atoms with van der Waals surface area (Å²) in [7, 11) is 0. The monoisotopic (exact) mass is 288 g/mol. The molecule has 0 radical (unpaired) electrons. The maximum atomic E-state index is 10.4. The molecule has 20 heavy (non-hydrogen) atoms. The fraction of sp³-hybridized carbons (Fsp3) is 0.833. The Morgan fingerprint density at radius 1 is 0.950 bits per heavy atom. The first-order valence-electron chi connectivity index (χ1n) is 6.51. The average Bonchev–Trinajstić information content (AvgIpc) is 3.08. The summed E-state index contributed by atoms with van der Waals surface area (Å²) >= 11 is 0. The predicted molar refractivity (Wildman–Crippen MR) is 60.4 cm³/mol. The average molecular weight is 288 g/mol. The zero-order chi connectivity index (χ0) is 14.1. The van der Waals surface area contributed by atoms with Crippen LogP contribution in [0, 0.1) is 0 Å². The highest BCUT2D eigenvalue weighted by molar-refractivity contribution is 5.50. The third-order valence-corrected chi connectivity index (χ3v) is 3.54. The van der Waals surface area contributed by atoms with Gasteiger partial charge in [-0.05, 0) is 0 Å². The molecule has 0 aromatic heterocycles. The summed E-state index contributed by atoms with van der Waals surface area (Å²) in [4.78, 5) is 20.8. The second kappa shape index (κ2) is 5.84. The number of hydrogen-bond acceptors (Lipinski definition) is 8. The molecule has 8 nitrogen and oxygen atoms in total. The summed E-state index contributed by atoms with van der Waals surface area (Å²) in [6.07, 6.45) is -3.04. The Morgan fingerprint density at radius 3 is 2.40 bits per heavy atom. The normalized spacial score (nSPS) is 47.4. The highest BCUT2D eigenvalue weighted by Crippen LogP contribution is 2.36. The van der Waals surface area contributed by atoms with Crippen molar-refractivity contribution < 1.29 is 38.4 Å². The van der Waals surface area contributed by atoms with E-state index >= 15 is 0 Å². The van der Waals surface area contributed by atoms with Gasteiger partial charge in [0.15, 0.2) is 18.9 Å². The predicted octanol–water partition coefficient (Wildman–Crippen LogP) is -1.27. The van der Waals surface area contributed by atoms with Gasteiger partial charge in [-0.3, -0.25) is 0 Å². The van der Waals surface area contributed by atoms with Gasteiger partial charge < -0.3 is 38.4 Å². The highest BCUT2D eigenvalue weighted by atomic mass is 16.8. The maximum Gasteiger partial charge on any atom is 0.190 e. The molecule has 0 aliphatic carbocycles. The SMILES string of the molecule is O=CCC1OCC(C2OC3OC(CC=O)OC3C2O)O1. The van der Waals surface area contributed by atoms with Crippen LogP contribution in [0.5, 0.6) is 0 Å². The largest absolute Gasteiger partial charge is 0.387 e. The van der Waals surface area contributed by atoms with Crippen LogP contribution in [0.4, 0.5) is 0 Å². The van der Waals surface area contributed by atoms with Gasteiger partial charge in [0.2, 0.25) is 0 Å². The quantitative estimate of drug-likeness (QED) is 0.625. The number of aldehydes is 2. The molecule has 0 spiro atoms. The van der Waals surface area contributed by atoms with Crippen LogP contribution in [0.3, 0.4) is 0 Å². The topological polar surface area (TPSA) is 101 Å². The van der Waals surface area contributed by atoms with E-state index in [4.69, 9.17) is 23.7 Å². The number of aliphatic hydroxyl groups is 1. The summed E-state index contributed by atoms with van der Waals surface area (Å²) < 4.78 is 27.1. The van der Waals surface area contributed by atoms with Crippen LogP contribution in [-0.2, 0) is 33.3 Å². The van der Waals surface area contributed by atoms with E-state index in [1.54, 1.807) is 0 Å². The molecule has 8 heteroatoms. The van der Waals surface area contributed by atoms with Crippen molar-refractivity contribution in [2.45, 2.75) is 56.1 Å². The first-order valence-corrected chi connectivity index (χ1v) is 6.51. The van der Waals surface area contributed by atoms with Gasteiger partial charge in [-0.15, -0.1) is 0 Å². The van der Waals surface area contributed by atoms with Crippen LogP contribution in [0.25, 0.3) is 0 Å². The van der Waals surface area contributed by atoms with Crippen LogP contribution in [-0.4, -0.2) is 67.6 Å². The lowest BCUT2D eigenvalue weighted by Crippen LogP contribution is -2.41.